The lowest BCUT2D eigenvalue weighted by Gasteiger charge is -2.08. The lowest BCUT2D eigenvalue weighted by molar-refractivity contribution is -0.173. The molecule has 0 unspecified atom stereocenters. The molecule has 0 heterocycles. The average molecular weight is 240 g/mol. The lowest BCUT2D eigenvalue weighted by Crippen LogP contribution is -2.41. The molecular weight excluding hydrogens is 229 g/mol. The Morgan fingerprint density at radius 3 is 2.31 bits per heavy atom. The van der Waals surface area contributed by atoms with Gasteiger partial charge in [0.15, 0.2) is 0 Å². The number of halogens is 3. The van der Waals surface area contributed by atoms with Gasteiger partial charge >= 0.3 is 18.2 Å². The van der Waals surface area contributed by atoms with Gasteiger partial charge in [-0.3, -0.25) is 4.79 Å². The van der Waals surface area contributed by atoms with Crippen molar-refractivity contribution >= 4 is 12.0 Å². The summed E-state index contributed by atoms with van der Waals surface area (Å²) in [6.45, 7) is 2.81. The van der Waals surface area contributed by atoms with E-state index in [0.29, 0.717) is 0 Å². The van der Waals surface area contributed by atoms with Gasteiger partial charge in [0, 0.05) is 13.1 Å². The van der Waals surface area contributed by atoms with Crippen LogP contribution in [0.5, 0.6) is 0 Å². The molecule has 0 bridgehead atoms. The zero-order valence-corrected chi connectivity index (χ0v) is 8.26. The van der Waals surface area contributed by atoms with Crippen LogP contribution < -0.4 is 10.6 Å². The maximum atomic E-state index is 11.7. The molecule has 8 heteroatoms. The first-order valence-electron chi connectivity index (χ1n) is 4.24. The molecule has 2 amide bonds. The summed E-state index contributed by atoms with van der Waals surface area (Å²) in [4.78, 5) is 21.0. The molecule has 0 spiro atoms. The predicted molar refractivity (Wildman–Crippen MR) is 48.6 cm³/mol. The van der Waals surface area contributed by atoms with Crippen molar-refractivity contribution in [1.82, 2.24) is 10.6 Å². The molecular formula is C8H11F3N2O3. The number of hydrogen-bond donors (Lipinski definition) is 2. The van der Waals surface area contributed by atoms with Crippen molar-refractivity contribution in [3.8, 4) is 0 Å². The molecule has 0 atom stereocenters. The smallest absolute Gasteiger partial charge is 0.445 e. The monoisotopic (exact) mass is 240 g/mol. The minimum Gasteiger partial charge on any atom is -0.445 e. The summed E-state index contributed by atoms with van der Waals surface area (Å²) < 4.78 is 39.5. The van der Waals surface area contributed by atoms with Crippen LogP contribution in [0.4, 0.5) is 18.0 Å². The number of nitrogens with one attached hydrogen (secondary N) is 2. The highest BCUT2D eigenvalue weighted by Crippen LogP contribution is 2.13. The predicted octanol–water partition coefficient (Wildman–Crippen LogP) is 0.577. The first-order chi connectivity index (χ1) is 7.38. The van der Waals surface area contributed by atoms with Crippen LogP contribution in [-0.2, 0) is 9.53 Å². The van der Waals surface area contributed by atoms with Gasteiger partial charge in [0.25, 0.3) is 0 Å². The summed E-state index contributed by atoms with van der Waals surface area (Å²) in [6, 6.07) is 0. The minimum atomic E-state index is -4.91. The first-order valence-corrected chi connectivity index (χ1v) is 4.24. The summed E-state index contributed by atoms with van der Waals surface area (Å²) in [5, 5.41) is 3.71. The number of alkyl carbamates (subject to hydrolysis) is 1. The molecule has 5 nitrogen and oxygen atoms in total. The SMILES string of the molecule is C=CCOC(=O)NCCNC(=O)C(F)(F)F. The fraction of sp³-hybridized carbons (Fsp3) is 0.500. The molecule has 16 heavy (non-hydrogen) atoms. The Balaban J connectivity index is 3.57. The van der Waals surface area contributed by atoms with Gasteiger partial charge in [-0.2, -0.15) is 13.2 Å². The molecule has 0 saturated heterocycles. The van der Waals surface area contributed by atoms with Crippen LogP contribution in [0.1, 0.15) is 0 Å². The zero-order chi connectivity index (χ0) is 12.6. The second-order valence-corrected chi connectivity index (χ2v) is 2.57. The fourth-order valence-corrected chi connectivity index (χ4v) is 0.626. The van der Waals surface area contributed by atoms with E-state index in [1.165, 1.54) is 6.08 Å². The third-order valence-electron chi connectivity index (χ3n) is 1.27. The van der Waals surface area contributed by atoms with Crippen LogP contribution in [-0.4, -0.2) is 37.9 Å². The summed E-state index contributed by atoms with van der Waals surface area (Å²) >= 11 is 0. The van der Waals surface area contributed by atoms with Crippen molar-refractivity contribution in [3.05, 3.63) is 12.7 Å². The van der Waals surface area contributed by atoms with E-state index in [1.54, 1.807) is 5.32 Å². The standard InChI is InChI=1S/C8H11F3N2O3/c1-2-5-16-7(15)13-4-3-12-6(14)8(9,10)11/h2H,1,3-5H2,(H,12,14)(H,13,15). The van der Waals surface area contributed by atoms with E-state index >= 15 is 0 Å². The number of ether oxygens (including phenoxy) is 1. The summed E-state index contributed by atoms with van der Waals surface area (Å²) in [6.07, 6.45) is -4.37. The van der Waals surface area contributed by atoms with E-state index in [0.717, 1.165) is 0 Å². The van der Waals surface area contributed by atoms with Crippen LogP contribution in [0.25, 0.3) is 0 Å². The summed E-state index contributed by atoms with van der Waals surface area (Å²) in [7, 11) is 0. The number of carbonyl (C=O) groups excluding carboxylic acids is 2. The molecule has 0 rings (SSSR count). The highest BCUT2D eigenvalue weighted by atomic mass is 19.4. The minimum absolute atomic E-state index is 0.000738. The molecule has 0 fully saturated rings. The highest BCUT2D eigenvalue weighted by molar-refractivity contribution is 5.81. The molecule has 0 aliphatic heterocycles. The quantitative estimate of drug-likeness (QED) is 0.545. The normalized spacial score (nSPS) is 10.4. The second-order valence-electron chi connectivity index (χ2n) is 2.57. The van der Waals surface area contributed by atoms with Crippen LogP contribution in [0.15, 0.2) is 12.7 Å². The van der Waals surface area contributed by atoms with Crippen molar-refractivity contribution in [2.24, 2.45) is 0 Å². The Morgan fingerprint density at radius 2 is 1.81 bits per heavy atom. The van der Waals surface area contributed by atoms with E-state index < -0.39 is 18.2 Å². The van der Waals surface area contributed by atoms with Gasteiger partial charge in [0.2, 0.25) is 0 Å². The van der Waals surface area contributed by atoms with Gasteiger partial charge in [-0.25, -0.2) is 4.79 Å². The van der Waals surface area contributed by atoms with Gasteiger partial charge in [0.1, 0.15) is 6.61 Å². The van der Waals surface area contributed by atoms with Gasteiger partial charge in [0.05, 0.1) is 0 Å². The lowest BCUT2D eigenvalue weighted by atomic mass is 10.5. The molecule has 0 saturated carbocycles. The van der Waals surface area contributed by atoms with Crippen LogP contribution in [0.3, 0.4) is 0 Å². The van der Waals surface area contributed by atoms with Gasteiger partial charge in [-0.05, 0) is 0 Å². The average Bonchev–Trinajstić information content (AvgIpc) is 2.19. The third kappa shape index (κ3) is 6.68. The summed E-state index contributed by atoms with van der Waals surface area (Å²) in [5.74, 6) is -2.05. The van der Waals surface area contributed by atoms with Crippen molar-refractivity contribution in [1.29, 1.82) is 0 Å². The first kappa shape index (κ1) is 14.3. The molecule has 0 aliphatic rings. The van der Waals surface area contributed by atoms with Crippen molar-refractivity contribution in [3.63, 3.8) is 0 Å². The van der Waals surface area contributed by atoms with Crippen molar-refractivity contribution < 1.29 is 27.5 Å². The highest BCUT2D eigenvalue weighted by Gasteiger charge is 2.38. The molecule has 0 aromatic rings. The molecule has 0 aromatic heterocycles. The molecule has 0 aliphatic carbocycles. The number of rotatable bonds is 5. The maximum Gasteiger partial charge on any atom is 0.471 e. The number of hydrogen-bond acceptors (Lipinski definition) is 3. The zero-order valence-electron chi connectivity index (χ0n) is 8.26. The Morgan fingerprint density at radius 1 is 1.25 bits per heavy atom. The summed E-state index contributed by atoms with van der Waals surface area (Å²) in [5.41, 5.74) is 0. The van der Waals surface area contributed by atoms with E-state index in [1.807, 2.05) is 0 Å². The van der Waals surface area contributed by atoms with E-state index in [2.05, 4.69) is 16.6 Å². The van der Waals surface area contributed by atoms with Gasteiger partial charge in [-0.1, -0.05) is 12.7 Å². The van der Waals surface area contributed by atoms with Gasteiger partial charge in [-0.15, -0.1) is 0 Å². The Hall–Kier alpha value is -1.73. The van der Waals surface area contributed by atoms with Crippen LogP contribution in [0, 0.1) is 0 Å². The maximum absolute atomic E-state index is 11.7. The van der Waals surface area contributed by atoms with Crippen LogP contribution >= 0.6 is 0 Å². The van der Waals surface area contributed by atoms with Gasteiger partial charge < -0.3 is 15.4 Å². The number of alkyl halides is 3. The Labute approximate surface area is 89.6 Å². The molecule has 0 aromatic carbocycles. The second kappa shape index (κ2) is 6.70. The Kier molecular flexibility index (Phi) is 5.97. The van der Waals surface area contributed by atoms with E-state index in [9.17, 15) is 22.8 Å². The van der Waals surface area contributed by atoms with Crippen molar-refractivity contribution in [2.75, 3.05) is 19.7 Å². The topological polar surface area (TPSA) is 67.4 Å². The molecule has 0 radical (unpaired) electrons. The largest absolute Gasteiger partial charge is 0.471 e. The molecule has 2 N–H and O–H groups in total. The number of amides is 2. The van der Waals surface area contributed by atoms with E-state index in [-0.39, 0.29) is 19.7 Å². The van der Waals surface area contributed by atoms with E-state index in [4.69, 9.17) is 0 Å². The Bertz CT molecular complexity index is 266. The number of carbonyl (C=O) groups is 2. The fourth-order valence-electron chi connectivity index (χ4n) is 0.626. The van der Waals surface area contributed by atoms with Crippen molar-refractivity contribution in [2.45, 2.75) is 6.18 Å². The molecule has 92 valence electrons. The van der Waals surface area contributed by atoms with Crippen LogP contribution in [0.2, 0.25) is 0 Å². The third-order valence-corrected chi connectivity index (χ3v) is 1.27.